The van der Waals surface area contributed by atoms with Crippen molar-refractivity contribution in [1.29, 1.82) is 0 Å². The Hall–Kier alpha value is -0.610. The number of ether oxygens (including phenoxy) is 1. The molecule has 20 heavy (non-hydrogen) atoms. The average Bonchev–Trinajstić information content (AvgIpc) is 2.76. The zero-order valence-corrected chi connectivity index (χ0v) is 13.1. The Morgan fingerprint density at radius 2 is 2.10 bits per heavy atom. The van der Waals surface area contributed by atoms with Crippen molar-refractivity contribution in [3.05, 3.63) is 0 Å². The van der Waals surface area contributed by atoms with E-state index in [0.717, 1.165) is 51.9 Å². The minimum absolute atomic E-state index is 0.0356. The zero-order valence-electron chi connectivity index (χ0n) is 13.1. The maximum Gasteiger partial charge on any atom is 0.326 e. The first-order valence-electron chi connectivity index (χ1n) is 8.38. The molecular weight excluding hydrogens is 252 g/mol. The molecule has 0 aromatic rings. The predicted molar refractivity (Wildman–Crippen MR) is 80.7 cm³/mol. The number of esters is 1. The summed E-state index contributed by atoms with van der Waals surface area (Å²) >= 11 is 0. The van der Waals surface area contributed by atoms with Crippen LogP contribution in [0, 0.1) is 5.92 Å². The Labute approximate surface area is 123 Å². The monoisotopic (exact) mass is 282 g/mol. The van der Waals surface area contributed by atoms with E-state index < -0.39 is 0 Å². The molecular formula is C16H30N2O2. The Morgan fingerprint density at radius 1 is 1.25 bits per heavy atom. The largest absolute Gasteiger partial charge is 0.465 e. The van der Waals surface area contributed by atoms with Crippen molar-refractivity contribution in [2.45, 2.75) is 57.9 Å². The lowest BCUT2D eigenvalue weighted by Crippen LogP contribution is -2.62. The van der Waals surface area contributed by atoms with Crippen LogP contribution in [0.1, 0.15) is 52.4 Å². The number of carbonyl (C=O) groups is 1. The molecule has 2 fully saturated rings. The molecule has 0 aromatic heterocycles. The molecule has 1 aliphatic heterocycles. The smallest absolute Gasteiger partial charge is 0.326 e. The van der Waals surface area contributed by atoms with Crippen LogP contribution in [0.15, 0.2) is 0 Å². The number of carbonyl (C=O) groups excluding carboxylic acids is 1. The van der Waals surface area contributed by atoms with Crippen LogP contribution in [0.3, 0.4) is 0 Å². The summed E-state index contributed by atoms with van der Waals surface area (Å²) in [4.78, 5) is 15.3. The molecule has 4 nitrogen and oxygen atoms in total. The minimum atomic E-state index is -0.352. The van der Waals surface area contributed by atoms with Gasteiger partial charge in [-0.1, -0.05) is 26.2 Å². The van der Waals surface area contributed by atoms with Crippen LogP contribution in [-0.2, 0) is 9.53 Å². The quantitative estimate of drug-likeness (QED) is 0.803. The Kier molecular flexibility index (Phi) is 5.85. The van der Waals surface area contributed by atoms with Gasteiger partial charge in [-0.2, -0.15) is 0 Å². The van der Waals surface area contributed by atoms with Crippen molar-refractivity contribution in [1.82, 2.24) is 10.2 Å². The van der Waals surface area contributed by atoms with Crippen LogP contribution in [-0.4, -0.2) is 49.2 Å². The predicted octanol–water partition coefficient (Wildman–Crippen LogP) is 2.18. The van der Waals surface area contributed by atoms with Gasteiger partial charge in [0.1, 0.15) is 5.54 Å². The van der Waals surface area contributed by atoms with Crippen molar-refractivity contribution in [2.24, 2.45) is 5.92 Å². The second kappa shape index (κ2) is 7.41. The van der Waals surface area contributed by atoms with E-state index in [0.29, 0.717) is 12.5 Å². The number of rotatable bonds is 4. The summed E-state index contributed by atoms with van der Waals surface area (Å²) in [5.74, 6) is 0.488. The van der Waals surface area contributed by atoms with Crippen molar-refractivity contribution in [3.8, 4) is 0 Å². The molecule has 1 saturated carbocycles. The van der Waals surface area contributed by atoms with E-state index >= 15 is 0 Å². The first kappa shape index (κ1) is 15.8. The van der Waals surface area contributed by atoms with Gasteiger partial charge in [0.25, 0.3) is 0 Å². The van der Waals surface area contributed by atoms with E-state index in [2.05, 4.69) is 17.1 Å². The molecule has 1 saturated heterocycles. The molecule has 2 aliphatic rings. The van der Waals surface area contributed by atoms with E-state index in [4.69, 9.17) is 4.74 Å². The second-order valence-corrected chi connectivity index (χ2v) is 6.09. The SMILES string of the molecule is CCOC(=O)C1(N2CCCNCC2)CCCCC1CC. The normalized spacial score (nSPS) is 32.6. The number of nitrogens with one attached hydrogen (secondary N) is 1. The second-order valence-electron chi connectivity index (χ2n) is 6.09. The summed E-state index contributed by atoms with van der Waals surface area (Å²) < 4.78 is 5.51. The van der Waals surface area contributed by atoms with Gasteiger partial charge >= 0.3 is 5.97 Å². The lowest BCUT2D eigenvalue weighted by molar-refractivity contribution is -0.166. The molecule has 1 N–H and O–H groups in total. The van der Waals surface area contributed by atoms with Gasteiger partial charge in [-0.3, -0.25) is 9.69 Å². The highest BCUT2D eigenvalue weighted by atomic mass is 16.5. The summed E-state index contributed by atoms with van der Waals surface area (Å²) in [5, 5.41) is 3.44. The fourth-order valence-corrected chi connectivity index (χ4v) is 4.08. The molecule has 0 amide bonds. The Morgan fingerprint density at radius 3 is 2.85 bits per heavy atom. The minimum Gasteiger partial charge on any atom is -0.465 e. The van der Waals surface area contributed by atoms with Crippen LogP contribution in [0.4, 0.5) is 0 Å². The van der Waals surface area contributed by atoms with Crippen molar-refractivity contribution in [2.75, 3.05) is 32.8 Å². The third kappa shape index (κ3) is 3.01. The summed E-state index contributed by atoms with van der Waals surface area (Å²) in [5.41, 5.74) is -0.352. The van der Waals surface area contributed by atoms with Crippen LogP contribution in [0.5, 0.6) is 0 Å². The summed E-state index contributed by atoms with van der Waals surface area (Å²) in [6, 6.07) is 0. The summed E-state index contributed by atoms with van der Waals surface area (Å²) in [7, 11) is 0. The fourth-order valence-electron chi connectivity index (χ4n) is 4.08. The highest BCUT2D eigenvalue weighted by Gasteiger charge is 2.51. The van der Waals surface area contributed by atoms with Gasteiger partial charge in [0.15, 0.2) is 0 Å². The maximum atomic E-state index is 12.8. The molecule has 0 bridgehead atoms. The highest BCUT2D eigenvalue weighted by Crippen LogP contribution is 2.41. The molecule has 2 rings (SSSR count). The van der Waals surface area contributed by atoms with Gasteiger partial charge in [0.05, 0.1) is 6.61 Å². The van der Waals surface area contributed by atoms with E-state index in [9.17, 15) is 4.79 Å². The molecule has 2 atom stereocenters. The van der Waals surface area contributed by atoms with Crippen LogP contribution in [0.2, 0.25) is 0 Å². The summed E-state index contributed by atoms with van der Waals surface area (Å²) in [6.45, 7) is 8.66. The van der Waals surface area contributed by atoms with Gasteiger partial charge in [0.2, 0.25) is 0 Å². The molecule has 2 unspecified atom stereocenters. The third-order valence-corrected chi connectivity index (χ3v) is 5.06. The van der Waals surface area contributed by atoms with Crippen LogP contribution in [0.25, 0.3) is 0 Å². The fraction of sp³-hybridized carbons (Fsp3) is 0.938. The van der Waals surface area contributed by atoms with E-state index in [1.807, 2.05) is 6.92 Å². The van der Waals surface area contributed by atoms with Crippen LogP contribution < -0.4 is 5.32 Å². The highest BCUT2D eigenvalue weighted by molar-refractivity contribution is 5.81. The van der Waals surface area contributed by atoms with Crippen molar-refractivity contribution >= 4 is 5.97 Å². The molecule has 4 heteroatoms. The molecule has 116 valence electrons. The first-order chi connectivity index (χ1) is 9.75. The van der Waals surface area contributed by atoms with Crippen LogP contribution >= 0.6 is 0 Å². The standard InChI is InChI=1S/C16H30N2O2/c1-3-14-8-5-6-9-16(14,15(19)20-4-2)18-12-7-10-17-11-13-18/h14,17H,3-13H2,1-2H3. The molecule has 1 heterocycles. The number of hydrogen-bond acceptors (Lipinski definition) is 4. The number of hydrogen-bond donors (Lipinski definition) is 1. The topological polar surface area (TPSA) is 41.6 Å². The Bertz CT molecular complexity index is 314. The molecule has 1 aliphatic carbocycles. The van der Waals surface area contributed by atoms with Crippen molar-refractivity contribution < 1.29 is 9.53 Å². The van der Waals surface area contributed by atoms with Crippen molar-refractivity contribution in [3.63, 3.8) is 0 Å². The van der Waals surface area contributed by atoms with Gasteiger partial charge in [-0.15, -0.1) is 0 Å². The Balaban J connectivity index is 2.27. The first-order valence-corrected chi connectivity index (χ1v) is 8.38. The summed E-state index contributed by atoms with van der Waals surface area (Å²) in [6.07, 6.45) is 6.74. The third-order valence-electron chi connectivity index (χ3n) is 5.06. The van der Waals surface area contributed by atoms with Gasteiger partial charge in [-0.05, 0) is 38.6 Å². The average molecular weight is 282 g/mol. The molecule has 0 spiro atoms. The molecule has 0 aromatic carbocycles. The van der Waals surface area contributed by atoms with Gasteiger partial charge in [-0.25, -0.2) is 0 Å². The lowest BCUT2D eigenvalue weighted by Gasteiger charge is -2.49. The van der Waals surface area contributed by atoms with E-state index in [1.54, 1.807) is 0 Å². The lowest BCUT2D eigenvalue weighted by atomic mass is 9.70. The van der Waals surface area contributed by atoms with Gasteiger partial charge < -0.3 is 10.1 Å². The van der Waals surface area contributed by atoms with E-state index in [-0.39, 0.29) is 11.5 Å². The van der Waals surface area contributed by atoms with E-state index in [1.165, 1.54) is 12.8 Å². The molecule has 0 radical (unpaired) electrons. The van der Waals surface area contributed by atoms with Gasteiger partial charge in [0, 0.05) is 19.6 Å². The zero-order chi connectivity index (χ0) is 14.4. The number of nitrogens with zero attached hydrogens (tertiary/aromatic N) is 1. The maximum absolute atomic E-state index is 12.8.